The molecular weight excluding hydrogens is 462 g/mol. The molecular formula is C21H39N7O7. The summed E-state index contributed by atoms with van der Waals surface area (Å²) in [6.45, 7) is 6.92. The second-order valence-corrected chi connectivity index (χ2v) is 8.65. The second-order valence-electron chi connectivity index (χ2n) is 8.65. The van der Waals surface area contributed by atoms with Gasteiger partial charge in [-0.1, -0.05) is 34.1 Å². The molecule has 5 atom stereocenters. The van der Waals surface area contributed by atoms with Crippen LogP contribution in [0.2, 0.25) is 0 Å². The molecule has 0 aromatic heterocycles. The topological polar surface area (TPSA) is 252 Å². The smallest absolute Gasteiger partial charge is 0.326 e. The lowest BCUT2D eigenvalue weighted by Gasteiger charge is -2.27. The van der Waals surface area contributed by atoms with Crippen molar-refractivity contribution < 1.29 is 34.2 Å². The van der Waals surface area contributed by atoms with E-state index < -0.39 is 72.1 Å². The molecule has 14 heteroatoms. The van der Waals surface area contributed by atoms with Crippen molar-refractivity contribution in [2.75, 3.05) is 6.54 Å². The van der Waals surface area contributed by atoms with Gasteiger partial charge < -0.3 is 43.4 Å². The molecule has 0 aliphatic heterocycles. The monoisotopic (exact) mass is 501 g/mol. The number of aliphatic imine (C=N–C) groups is 1. The molecule has 0 saturated heterocycles. The molecule has 5 unspecified atom stereocenters. The van der Waals surface area contributed by atoms with Crippen LogP contribution < -0.4 is 33.2 Å². The first-order chi connectivity index (χ1) is 16.2. The zero-order valence-electron chi connectivity index (χ0n) is 20.6. The highest BCUT2D eigenvalue weighted by atomic mass is 16.4. The van der Waals surface area contributed by atoms with Crippen LogP contribution in [0.25, 0.3) is 0 Å². The van der Waals surface area contributed by atoms with Gasteiger partial charge in [0, 0.05) is 6.54 Å². The van der Waals surface area contributed by atoms with E-state index in [4.69, 9.17) is 17.2 Å². The van der Waals surface area contributed by atoms with Crippen molar-refractivity contribution in [2.24, 2.45) is 34.0 Å². The molecule has 0 aromatic carbocycles. The van der Waals surface area contributed by atoms with E-state index in [9.17, 15) is 34.2 Å². The summed E-state index contributed by atoms with van der Waals surface area (Å²) in [5, 5.41) is 25.7. The van der Waals surface area contributed by atoms with E-state index in [1.807, 2.05) is 0 Å². The van der Waals surface area contributed by atoms with Gasteiger partial charge >= 0.3 is 11.9 Å². The summed E-state index contributed by atoms with van der Waals surface area (Å²) in [7, 11) is 0. The zero-order valence-corrected chi connectivity index (χ0v) is 20.6. The maximum atomic E-state index is 12.9. The van der Waals surface area contributed by atoms with Crippen molar-refractivity contribution in [2.45, 2.75) is 77.5 Å². The van der Waals surface area contributed by atoms with Crippen molar-refractivity contribution in [3.63, 3.8) is 0 Å². The first-order valence-electron chi connectivity index (χ1n) is 11.4. The summed E-state index contributed by atoms with van der Waals surface area (Å²) in [4.78, 5) is 64.6. The van der Waals surface area contributed by atoms with Crippen molar-refractivity contribution in [3.05, 3.63) is 0 Å². The molecule has 0 saturated carbocycles. The number of carboxylic acids is 2. The van der Waals surface area contributed by atoms with Gasteiger partial charge in [0.25, 0.3) is 0 Å². The van der Waals surface area contributed by atoms with Gasteiger partial charge in [-0.05, 0) is 24.7 Å². The van der Waals surface area contributed by atoms with Crippen LogP contribution in [0.5, 0.6) is 0 Å². The van der Waals surface area contributed by atoms with Crippen LogP contribution >= 0.6 is 0 Å². The molecule has 0 bridgehead atoms. The highest BCUT2D eigenvalue weighted by Gasteiger charge is 2.33. The summed E-state index contributed by atoms with van der Waals surface area (Å²) >= 11 is 0. The predicted molar refractivity (Wildman–Crippen MR) is 128 cm³/mol. The Balaban J connectivity index is 5.37. The molecule has 0 fully saturated rings. The summed E-state index contributed by atoms with van der Waals surface area (Å²) in [6, 6.07) is -4.90. The number of nitrogens with two attached hydrogens (primary N) is 3. The fourth-order valence-corrected chi connectivity index (χ4v) is 3.03. The van der Waals surface area contributed by atoms with Gasteiger partial charge in [0.15, 0.2) is 5.96 Å². The van der Waals surface area contributed by atoms with Crippen molar-refractivity contribution >= 4 is 35.6 Å². The normalized spacial score (nSPS) is 15.1. The number of nitrogens with zero attached hydrogens (tertiary/aromatic N) is 1. The van der Waals surface area contributed by atoms with E-state index in [-0.39, 0.29) is 18.9 Å². The number of hydrogen-bond donors (Lipinski definition) is 8. The Morgan fingerprint density at radius 2 is 1.46 bits per heavy atom. The van der Waals surface area contributed by atoms with Gasteiger partial charge in [-0.25, -0.2) is 4.79 Å². The first-order valence-corrected chi connectivity index (χ1v) is 11.4. The molecule has 3 amide bonds. The van der Waals surface area contributed by atoms with E-state index in [0.29, 0.717) is 12.8 Å². The van der Waals surface area contributed by atoms with E-state index >= 15 is 0 Å². The van der Waals surface area contributed by atoms with Crippen molar-refractivity contribution in [3.8, 4) is 0 Å². The quantitative estimate of drug-likeness (QED) is 0.0661. The lowest BCUT2D eigenvalue weighted by atomic mass is 9.98. The number of guanidine groups is 1. The first kappa shape index (κ1) is 31.6. The summed E-state index contributed by atoms with van der Waals surface area (Å²) in [6.07, 6.45) is 0.326. The Hall–Kier alpha value is -3.42. The van der Waals surface area contributed by atoms with Crippen LogP contribution in [-0.2, 0) is 24.0 Å². The Bertz CT molecular complexity index is 784. The third kappa shape index (κ3) is 12.0. The Kier molecular flexibility index (Phi) is 14.0. The molecule has 0 radical (unpaired) electrons. The van der Waals surface area contributed by atoms with Gasteiger partial charge in [-0.15, -0.1) is 0 Å². The fourth-order valence-electron chi connectivity index (χ4n) is 3.03. The van der Waals surface area contributed by atoms with Crippen LogP contribution in [0.1, 0.15) is 53.4 Å². The number of aliphatic carboxylic acids is 2. The highest BCUT2D eigenvalue weighted by Crippen LogP contribution is 2.10. The lowest BCUT2D eigenvalue weighted by molar-refractivity contribution is -0.144. The number of carboxylic acid groups (broad SMARTS) is 2. The van der Waals surface area contributed by atoms with Gasteiger partial charge in [-0.3, -0.25) is 24.2 Å². The largest absolute Gasteiger partial charge is 0.481 e. The molecule has 11 N–H and O–H groups in total. The van der Waals surface area contributed by atoms with E-state index in [0.717, 1.165) is 0 Å². The van der Waals surface area contributed by atoms with Gasteiger partial charge in [0.1, 0.15) is 18.1 Å². The number of amides is 3. The molecule has 0 rings (SSSR count). The third-order valence-electron chi connectivity index (χ3n) is 5.34. The van der Waals surface area contributed by atoms with Crippen LogP contribution in [0.15, 0.2) is 4.99 Å². The third-order valence-corrected chi connectivity index (χ3v) is 5.34. The average Bonchev–Trinajstić information content (AvgIpc) is 2.75. The SMILES string of the molecule is CCC(C)C(NC(=O)C(CC(=O)O)NC(=O)C(NC(=O)C(N)CCCN=C(N)N)C(C)C)C(=O)O. The molecule has 35 heavy (non-hydrogen) atoms. The molecule has 200 valence electrons. The van der Waals surface area contributed by atoms with Crippen LogP contribution in [0.3, 0.4) is 0 Å². The highest BCUT2D eigenvalue weighted by molar-refractivity contribution is 5.95. The number of carbonyl (C=O) groups is 5. The Labute approximate surface area is 204 Å². The second kappa shape index (κ2) is 15.5. The molecule has 14 nitrogen and oxygen atoms in total. The number of hydrogen-bond acceptors (Lipinski definition) is 7. The standard InChI is InChI=1S/C21H39N7O7/c1-5-11(4)16(20(34)35)28-18(32)13(9-14(29)30)26-19(33)15(10(2)3)27-17(31)12(22)7-6-8-25-21(23)24/h10-13,15-16H,5-9,22H2,1-4H3,(H,26,33)(H,27,31)(H,28,32)(H,29,30)(H,34,35)(H4,23,24,25). The van der Waals surface area contributed by atoms with E-state index in [1.54, 1.807) is 27.7 Å². The molecule has 0 aliphatic carbocycles. The summed E-state index contributed by atoms with van der Waals surface area (Å²) in [5.74, 6) is -6.01. The number of rotatable bonds is 16. The number of carbonyl (C=O) groups excluding carboxylic acids is 3. The van der Waals surface area contributed by atoms with Crippen molar-refractivity contribution in [1.82, 2.24) is 16.0 Å². The fraction of sp³-hybridized carbons (Fsp3) is 0.714. The molecule has 0 heterocycles. The van der Waals surface area contributed by atoms with Crippen molar-refractivity contribution in [1.29, 1.82) is 0 Å². The maximum Gasteiger partial charge on any atom is 0.326 e. The minimum Gasteiger partial charge on any atom is -0.481 e. The molecule has 0 aliphatic rings. The van der Waals surface area contributed by atoms with Crippen LogP contribution in [-0.4, -0.2) is 76.5 Å². The van der Waals surface area contributed by atoms with Gasteiger partial charge in [0.2, 0.25) is 17.7 Å². The summed E-state index contributed by atoms with van der Waals surface area (Å²) < 4.78 is 0. The Morgan fingerprint density at radius 3 is 1.91 bits per heavy atom. The lowest BCUT2D eigenvalue weighted by Crippen LogP contribution is -2.59. The van der Waals surface area contributed by atoms with E-state index in [2.05, 4.69) is 20.9 Å². The predicted octanol–water partition coefficient (Wildman–Crippen LogP) is -1.92. The van der Waals surface area contributed by atoms with E-state index in [1.165, 1.54) is 0 Å². The zero-order chi connectivity index (χ0) is 27.3. The van der Waals surface area contributed by atoms with Crippen LogP contribution in [0.4, 0.5) is 0 Å². The number of nitrogens with one attached hydrogen (secondary N) is 3. The molecule has 0 spiro atoms. The molecule has 0 aromatic rings. The van der Waals surface area contributed by atoms with Crippen LogP contribution in [0, 0.1) is 11.8 Å². The van der Waals surface area contributed by atoms with Gasteiger partial charge in [-0.2, -0.15) is 0 Å². The summed E-state index contributed by atoms with van der Waals surface area (Å²) in [5.41, 5.74) is 16.3. The Morgan fingerprint density at radius 1 is 0.886 bits per heavy atom. The minimum absolute atomic E-state index is 0.0849. The maximum absolute atomic E-state index is 12.9. The minimum atomic E-state index is -1.56. The van der Waals surface area contributed by atoms with Gasteiger partial charge in [0.05, 0.1) is 12.5 Å². The average molecular weight is 502 g/mol.